The van der Waals surface area contributed by atoms with E-state index >= 15 is 0 Å². The number of piperidine rings is 1. The molecule has 1 fully saturated rings. The van der Waals surface area contributed by atoms with Gasteiger partial charge in [0.15, 0.2) is 0 Å². The lowest BCUT2D eigenvalue weighted by molar-refractivity contribution is -0.0297. The van der Waals surface area contributed by atoms with Crippen LogP contribution in [0.4, 0.5) is 0 Å². The van der Waals surface area contributed by atoms with E-state index in [-0.39, 0.29) is 5.56 Å². The number of likely N-dealkylation sites (tertiary alicyclic amines) is 1. The summed E-state index contributed by atoms with van der Waals surface area (Å²) in [5.74, 6) is 0.706. The highest BCUT2D eigenvalue weighted by molar-refractivity contribution is 5.80. The molecule has 0 radical (unpaired) electrons. The molecule has 0 bridgehead atoms. The number of pyridine rings is 1. The van der Waals surface area contributed by atoms with Gasteiger partial charge in [0, 0.05) is 30.9 Å². The Bertz CT molecular complexity index is 953. The molecule has 0 amide bonds. The molecule has 0 saturated carbocycles. The van der Waals surface area contributed by atoms with Gasteiger partial charge in [0.25, 0.3) is 5.56 Å². The zero-order valence-corrected chi connectivity index (χ0v) is 15.5. The van der Waals surface area contributed by atoms with Gasteiger partial charge in [0.1, 0.15) is 5.76 Å². The third-order valence-corrected chi connectivity index (χ3v) is 5.38. The molecule has 0 unspecified atom stereocenters. The molecule has 0 aliphatic carbocycles. The molecular weight excluding hydrogens is 340 g/mol. The van der Waals surface area contributed by atoms with Gasteiger partial charge in [0.2, 0.25) is 0 Å². The SMILES string of the molecule is CN1CCC(O)(Cn2cc(-c3ccco3)c(-c3ccccc3)cc2=O)CC1. The number of aliphatic hydroxyl groups is 1. The van der Waals surface area contributed by atoms with Gasteiger partial charge in [-0.1, -0.05) is 30.3 Å². The summed E-state index contributed by atoms with van der Waals surface area (Å²) in [7, 11) is 2.05. The molecule has 1 aliphatic heterocycles. The van der Waals surface area contributed by atoms with E-state index in [1.165, 1.54) is 0 Å². The third-order valence-electron chi connectivity index (χ3n) is 5.38. The summed E-state index contributed by atoms with van der Waals surface area (Å²) < 4.78 is 7.24. The van der Waals surface area contributed by atoms with Gasteiger partial charge in [-0.15, -0.1) is 0 Å². The Hall–Kier alpha value is -2.63. The highest BCUT2D eigenvalue weighted by atomic mass is 16.3. The summed E-state index contributed by atoms with van der Waals surface area (Å²) in [5, 5.41) is 11.0. The Balaban J connectivity index is 1.76. The van der Waals surface area contributed by atoms with Crippen molar-refractivity contribution in [2.75, 3.05) is 20.1 Å². The summed E-state index contributed by atoms with van der Waals surface area (Å²) in [5.41, 5.74) is 1.68. The summed E-state index contributed by atoms with van der Waals surface area (Å²) in [6.45, 7) is 1.96. The van der Waals surface area contributed by atoms with Crippen LogP contribution in [0.1, 0.15) is 12.8 Å². The minimum atomic E-state index is -0.856. The van der Waals surface area contributed by atoms with Crippen molar-refractivity contribution in [3.63, 3.8) is 0 Å². The lowest BCUT2D eigenvalue weighted by Crippen LogP contribution is -2.46. The molecule has 27 heavy (non-hydrogen) atoms. The molecule has 0 spiro atoms. The zero-order valence-electron chi connectivity index (χ0n) is 15.5. The smallest absolute Gasteiger partial charge is 0.251 e. The van der Waals surface area contributed by atoms with E-state index in [2.05, 4.69) is 11.9 Å². The maximum absolute atomic E-state index is 12.8. The van der Waals surface area contributed by atoms with Crippen molar-refractivity contribution in [3.8, 4) is 22.5 Å². The van der Waals surface area contributed by atoms with E-state index in [0.29, 0.717) is 25.1 Å². The Labute approximate surface area is 158 Å². The normalized spacial score (nSPS) is 17.1. The Kier molecular flexibility index (Phi) is 4.72. The van der Waals surface area contributed by atoms with Crippen LogP contribution in [0.25, 0.3) is 22.5 Å². The fraction of sp³-hybridized carbons (Fsp3) is 0.318. The molecule has 1 aromatic carbocycles. The minimum Gasteiger partial charge on any atom is -0.464 e. The molecule has 1 aliphatic rings. The van der Waals surface area contributed by atoms with Crippen LogP contribution in [0, 0.1) is 0 Å². The molecule has 5 heteroatoms. The second-order valence-corrected chi connectivity index (χ2v) is 7.44. The van der Waals surface area contributed by atoms with Crippen LogP contribution in [-0.4, -0.2) is 40.3 Å². The molecule has 2 aromatic heterocycles. The van der Waals surface area contributed by atoms with Crippen LogP contribution < -0.4 is 5.56 Å². The lowest BCUT2D eigenvalue weighted by Gasteiger charge is -2.36. The van der Waals surface area contributed by atoms with Crippen molar-refractivity contribution in [1.82, 2.24) is 9.47 Å². The monoisotopic (exact) mass is 364 g/mol. The maximum Gasteiger partial charge on any atom is 0.251 e. The van der Waals surface area contributed by atoms with Crippen LogP contribution in [0.15, 0.2) is 70.2 Å². The Morgan fingerprint density at radius 2 is 1.81 bits per heavy atom. The third kappa shape index (κ3) is 3.75. The van der Waals surface area contributed by atoms with Crippen LogP contribution in [0.3, 0.4) is 0 Å². The molecule has 3 aromatic rings. The summed E-state index contributed by atoms with van der Waals surface area (Å²) >= 11 is 0. The lowest BCUT2D eigenvalue weighted by atomic mass is 9.91. The number of aromatic nitrogens is 1. The maximum atomic E-state index is 12.8. The van der Waals surface area contributed by atoms with Gasteiger partial charge in [-0.25, -0.2) is 0 Å². The number of hydrogen-bond acceptors (Lipinski definition) is 4. The topological polar surface area (TPSA) is 58.6 Å². The highest BCUT2D eigenvalue weighted by Crippen LogP contribution is 2.32. The van der Waals surface area contributed by atoms with Crippen molar-refractivity contribution in [2.45, 2.75) is 25.0 Å². The van der Waals surface area contributed by atoms with Crippen LogP contribution >= 0.6 is 0 Å². The summed E-state index contributed by atoms with van der Waals surface area (Å²) in [4.78, 5) is 15.0. The minimum absolute atomic E-state index is 0.114. The van der Waals surface area contributed by atoms with Crippen molar-refractivity contribution in [1.29, 1.82) is 0 Å². The molecule has 3 heterocycles. The molecular formula is C22H24N2O3. The number of benzene rings is 1. The average Bonchev–Trinajstić information content (AvgIpc) is 3.21. The summed E-state index contributed by atoms with van der Waals surface area (Å²) in [6.07, 6.45) is 4.77. The van der Waals surface area contributed by atoms with Crippen molar-refractivity contribution in [3.05, 3.63) is 71.3 Å². The molecule has 1 saturated heterocycles. The first kappa shape index (κ1) is 17.8. The van der Waals surface area contributed by atoms with Gasteiger partial charge < -0.3 is 19.0 Å². The van der Waals surface area contributed by atoms with Gasteiger partial charge in [-0.3, -0.25) is 4.79 Å². The van der Waals surface area contributed by atoms with Gasteiger partial charge in [-0.2, -0.15) is 0 Å². The van der Waals surface area contributed by atoms with E-state index in [1.807, 2.05) is 48.7 Å². The van der Waals surface area contributed by atoms with E-state index < -0.39 is 5.60 Å². The molecule has 4 rings (SSSR count). The van der Waals surface area contributed by atoms with Crippen molar-refractivity contribution >= 4 is 0 Å². The summed E-state index contributed by atoms with van der Waals surface area (Å²) in [6, 6.07) is 15.2. The predicted octanol–water partition coefficient (Wildman–Crippen LogP) is 3.23. The van der Waals surface area contributed by atoms with E-state index in [9.17, 15) is 9.90 Å². The largest absolute Gasteiger partial charge is 0.464 e. The van der Waals surface area contributed by atoms with Crippen LogP contribution in [0.2, 0.25) is 0 Å². The van der Waals surface area contributed by atoms with Gasteiger partial charge in [-0.05, 0) is 43.1 Å². The number of nitrogens with zero attached hydrogens (tertiary/aromatic N) is 2. The first-order valence-electron chi connectivity index (χ1n) is 9.29. The quantitative estimate of drug-likeness (QED) is 0.772. The first-order valence-corrected chi connectivity index (χ1v) is 9.29. The molecule has 5 nitrogen and oxygen atoms in total. The van der Waals surface area contributed by atoms with Gasteiger partial charge >= 0.3 is 0 Å². The van der Waals surface area contributed by atoms with E-state index in [1.54, 1.807) is 16.9 Å². The van der Waals surface area contributed by atoms with Crippen LogP contribution in [0.5, 0.6) is 0 Å². The van der Waals surface area contributed by atoms with Crippen LogP contribution in [-0.2, 0) is 6.54 Å². The standard InChI is InChI=1S/C22H24N2O3/c1-23-11-9-22(26,10-12-23)16-24-15-19(20-8-5-13-27-20)18(14-21(24)25)17-6-3-2-4-7-17/h2-8,13-15,26H,9-12,16H2,1H3. The highest BCUT2D eigenvalue weighted by Gasteiger charge is 2.32. The predicted molar refractivity (Wildman–Crippen MR) is 106 cm³/mol. The molecule has 1 N–H and O–H groups in total. The zero-order chi connectivity index (χ0) is 18.9. The van der Waals surface area contributed by atoms with E-state index in [4.69, 9.17) is 4.42 Å². The average molecular weight is 364 g/mol. The Morgan fingerprint density at radius 3 is 2.48 bits per heavy atom. The van der Waals surface area contributed by atoms with Crippen molar-refractivity contribution in [2.24, 2.45) is 0 Å². The number of furan rings is 1. The number of hydrogen-bond donors (Lipinski definition) is 1. The fourth-order valence-corrected chi connectivity index (χ4v) is 3.69. The second-order valence-electron chi connectivity index (χ2n) is 7.44. The second kappa shape index (κ2) is 7.18. The molecule has 140 valence electrons. The first-order chi connectivity index (χ1) is 13.0. The number of rotatable bonds is 4. The fourth-order valence-electron chi connectivity index (χ4n) is 3.69. The van der Waals surface area contributed by atoms with Crippen molar-refractivity contribution < 1.29 is 9.52 Å². The van der Waals surface area contributed by atoms with Gasteiger partial charge in [0.05, 0.1) is 18.4 Å². The molecule has 0 atom stereocenters. The van der Waals surface area contributed by atoms with E-state index in [0.717, 1.165) is 29.8 Å². The Morgan fingerprint density at radius 1 is 1.07 bits per heavy atom.